The predicted octanol–water partition coefficient (Wildman–Crippen LogP) is 3.36. The van der Waals surface area contributed by atoms with Crippen LogP contribution < -0.4 is 30.1 Å². The smallest absolute Gasteiger partial charge is 0.329 e. The van der Waals surface area contributed by atoms with Crippen LogP contribution in [0, 0.1) is 11.7 Å². The summed E-state index contributed by atoms with van der Waals surface area (Å²) in [5.74, 6) is 1.18. The van der Waals surface area contributed by atoms with Gasteiger partial charge in [-0.05, 0) is 48.6 Å². The first-order valence-electron chi connectivity index (χ1n) is 18.4. The Bertz CT molecular complexity index is 2330. The number of carbonyl (C=O) groups excluding carboxylic acids is 3. The lowest BCUT2D eigenvalue weighted by Crippen LogP contribution is -2.49. The zero-order valence-electron chi connectivity index (χ0n) is 31.0. The summed E-state index contributed by atoms with van der Waals surface area (Å²) in [5, 5.41) is 17.3. The van der Waals surface area contributed by atoms with Crippen molar-refractivity contribution in [3.05, 3.63) is 58.4 Å². The molecule has 16 nitrogen and oxygen atoms in total. The van der Waals surface area contributed by atoms with Crippen molar-refractivity contribution in [2.24, 2.45) is 13.0 Å². The van der Waals surface area contributed by atoms with E-state index >= 15 is 4.39 Å². The molecule has 3 saturated heterocycles. The van der Waals surface area contributed by atoms with Crippen molar-refractivity contribution in [3.8, 4) is 22.6 Å². The topological polar surface area (TPSA) is 174 Å². The number of amides is 4. The highest BCUT2D eigenvalue weighted by molar-refractivity contribution is 6.09. The molecule has 5 aromatic rings. The van der Waals surface area contributed by atoms with Crippen LogP contribution in [0.4, 0.5) is 20.7 Å². The fourth-order valence-electron chi connectivity index (χ4n) is 8.06. The molecule has 3 aliphatic heterocycles. The van der Waals surface area contributed by atoms with Crippen LogP contribution in [0.1, 0.15) is 31.2 Å². The Balaban J connectivity index is 0.860. The molecule has 0 spiro atoms. The number of halogens is 1. The number of piperidine rings is 1. The first-order valence-corrected chi connectivity index (χ1v) is 18.4. The minimum Gasteiger partial charge on any atom is -0.496 e. The number of ether oxygens (including phenoxy) is 2. The highest BCUT2D eigenvalue weighted by Crippen LogP contribution is 2.38. The largest absolute Gasteiger partial charge is 0.496 e. The molecule has 288 valence electrons. The lowest BCUT2D eigenvalue weighted by Gasteiger charge is -2.37. The van der Waals surface area contributed by atoms with E-state index < -0.39 is 11.8 Å². The third-order valence-electron chi connectivity index (χ3n) is 11.2. The molecule has 55 heavy (non-hydrogen) atoms. The maximum atomic E-state index is 15.8. The molecule has 0 aliphatic carbocycles. The van der Waals surface area contributed by atoms with Gasteiger partial charge in [0.25, 0.3) is 5.56 Å². The summed E-state index contributed by atoms with van der Waals surface area (Å²) in [4.78, 5) is 57.5. The molecule has 0 atom stereocenters. The minimum atomic E-state index is -0.576. The van der Waals surface area contributed by atoms with Crippen molar-refractivity contribution in [1.82, 2.24) is 40.1 Å². The number of fused-ring (bicyclic) bond motifs is 2. The number of carbonyl (C=O) groups is 3. The van der Waals surface area contributed by atoms with Crippen molar-refractivity contribution in [2.45, 2.75) is 32.2 Å². The van der Waals surface area contributed by atoms with Gasteiger partial charge >= 0.3 is 6.03 Å². The van der Waals surface area contributed by atoms with Crippen molar-refractivity contribution in [2.75, 3.05) is 69.8 Å². The van der Waals surface area contributed by atoms with Gasteiger partial charge in [-0.2, -0.15) is 10.2 Å². The lowest BCUT2D eigenvalue weighted by atomic mass is 9.92. The molecular formula is C38H43FN10O6. The molecule has 0 bridgehead atoms. The van der Waals surface area contributed by atoms with Crippen LogP contribution in [0.2, 0.25) is 0 Å². The molecule has 2 aromatic carbocycles. The number of urea groups is 1. The van der Waals surface area contributed by atoms with Gasteiger partial charge in [0.15, 0.2) is 11.6 Å². The number of nitrogens with one attached hydrogen (secondary N) is 3. The summed E-state index contributed by atoms with van der Waals surface area (Å²) in [7, 11) is 4.97. The SMILES string of the molecule is COc1cc(-c2cn(C)c(=O)c3[nH]ncc23)cc(OC)c1CN1CCN(C(=O)CC2CCN(c3ccc4c(N5CCC(=O)NC5=O)n[nH]c4c3F)CC2)CC1. The molecule has 8 rings (SSSR count). The van der Waals surface area contributed by atoms with E-state index in [1.807, 2.05) is 21.9 Å². The van der Waals surface area contributed by atoms with E-state index in [4.69, 9.17) is 9.47 Å². The Morgan fingerprint density at radius 2 is 1.65 bits per heavy atom. The van der Waals surface area contributed by atoms with Crippen LogP contribution in [-0.2, 0) is 23.2 Å². The average Bonchev–Trinajstić information content (AvgIpc) is 3.86. The van der Waals surface area contributed by atoms with Crippen molar-refractivity contribution in [3.63, 3.8) is 0 Å². The highest BCUT2D eigenvalue weighted by Gasteiger charge is 2.31. The first kappa shape index (κ1) is 36.0. The number of H-pyrrole nitrogens is 2. The number of hydrogen-bond donors (Lipinski definition) is 3. The van der Waals surface area contributed by atoms with Crippen LogP contribution in [-0.4, -0.2) is 113 Å². The van der Waals surface area contributed by atoms with E-state index in [-0.39, 0.29) is 47.6 Å². The number of aromatic nitrogens is 5. The van der Waals surface area contributed by atoms with Crippen LogP contribution in [0.5, 0.6) is 11.5 Å². The van der Waals surface area contributed by atoms with E-state index in [0.29, 0.717) is 80.3 Å². The van der Waals surface area contributed by atoms with Crippen LogP contribution in [0.15, 0.2) is 41.5 Å². The van der Waals surface area contributed by atoms with Gasteiger partial charge in [0.1, 0.15) is 22.5 Å². The van der Waals surface area contributed by atoms with Gasteiger partial charge in [-0.3, -0.25) is 39.7 Å². The van der Waals surface area contributed by atoms with Crippen LogP contribution in [0.3, 0.4) is 0 Å². The fraction of sp³-hybridized carbons (Fsp3) is 0.421. The maximum Gasteiger partial charge on any atom is 0.329 e. The standard InChI is InChI=1S/C38H43FN10O6/c1-45-20-26(25-19-40-42-35(25)37(45)52)23-17-29(54-2)27(30(18-23)55-3)21-46-12-14-48(15-13-46)32(51)16-22-6-9-47(10-7-22)28-5-4-24-34(33(28)39)43-44-36(24)49-11-8-31(50)41-38(49)53/h4-5,17-20,22H,6-16,21H2,1-3H3,(H,40,42)(H,43,44)(H,41,50,53). The Kier molecular flexibility index (Phi) is 9.63. The Hall–Kier alpha value is -5.97. The molecule has 3 N–H and O–H groups in total. The minimum absolute atomic E-state index is 0.140. The van der Waals surface area contributed by atoms with Gasteiger partial charge in [-0.1, -0.05) is 0 Å². The Morgan fingerprint density at radius 3 is 2.35 bits per heavy atom. The normalized spacial score (nSPS) is 17.3. The van der Waals surface area contributed by atoms with Crippen molar-refractivity contribution in [1.29, 1.82) is 0 Å². The fourth-order valence-corrected chi connectivity index (χ4v) is 8.06. The molecule has 0 unspecified atom stereocenters. The van der Waals surface area contributed by atoms with Gasteiger partial charge in [0, 0.05) is 94.8 Å². The molecule has 3 aliphatic rings. The molecule has 0 saturated carbocycles. The number of aryl methyl sites for hydroxylation is 1. The summed E-state index contributed by atoms with van der Waals surface area (Å²) in [6.07, 6.45) is 5.57. The Morgan fingerprint density at radius 1 is 0.927 bits per heavy atom. The molecule has 6 heterocycles. The van der Waals surface area contributed by atoms with Gasteiger partial charge < -0.3 is 23.8 Å². The van der Waals surface area contributed by atoms with Crippen molar-refractivity contribution >= 4 is 51.2 Å². The van der Waals surface area contributed by atoms with E-state index in [0.717, 1.165) is 34.9 Å². The number of piperazine rings is 1. The number of anilines is 2. The van der Waals surface area contributed by atoms with E-state index in [2.05, 4.69) is 30.6 Å². The molecule has 17 heteroatoms. The molecular weight excluding hydrogens is 711 g/mol. The number of pyridine rings is 1. The molecule has 3 aromatic heterocycles. The lowest BCUT2D eigenvalue weighted by molar-refractivity contribution is -0.134. The third-order valence-corrected chi connectivity index (χ3v) is 11.2. The maximum absolute atomic E-state index is 15.8. The predicted molar refractivity (Wildman–Crippen MR) is 203 cm³/mol. The molecule has 4 amide bonds. The summed E-state index contributed by atoms with van der Waals surface area (Å²) >= 11 is 0. The van der Waals surface area contributed by atoms with Crippen molar-refractivity contribution < 1.29 is 28.2 Å². The number of imide groups is 1. The third kappa shape index (κ3) is 6.72. The monoisotopic (exact) mass is 754 g/mol. The average molecular weight is 755 g/mol. The Labute approximate surface area is 315 Å². The second-order valence-electron chi connectivity index (χ2n) is 14.4. The van der Waals surface area contributed by atoms with Gasteiger partial charge in [0.05, 0.1) is 31.7 Å². The number of benzene rings is 2. The summed E-state index contributed by atoms with van der Waals surface area (Å²) in [5.41, 5.74) is 3.51. The van der Waals surface area contributed by atoms with Crippen LogP contribution in [0.25, 0.3) is 32.9 Å². The van der Waals surface area contributed by atoms with E-state index in [9.17, 15) is 19.2 Å². The zero-order valence-corrected chi connectivity index (χ0v) is 31.0. The number of rotatable bonds is 9. The van der Waals surface area contributed by atoms with Gasteiger partial charge in [-0.15, -0.1) is 0 Å². The summed E-state index contributed by atoms with van der Waals surface area (Å²) in [6.45, 7) is 4.62. The first-order chi connectivity index (χ1) is 26.6. The van der Waals surface area contributed by atoms with E-state index in [1.54, 1.807) is 45.8 Å². The van der Waals surface area contributed by atoms with Crippen LogP contribution >= 0.6 is 0 Å². The summed E-state index contributed by atoms with van der Waals surface area (Å²) in [6, 6.07) is 6.80. The number of aromatic amines is 2. The second-order valence-corrected chi connectivity index (χ2v) is 14.4. The van der Waals surface area contributed by atoms with Gasteiger partial charge in [0.2, 0.25) is 11.8 Å². The highest BCUT2D eigenvalue weighted by atomic mass is 19.1. The summed E-state index contributed by atoms with van der Waals surface area (Å²) < 4.78 is 29.0. The number of nitrogens with zero attached hydrogens (tertiary/aromatic N) is 7. The zero-order chi connectivity index (χ0) is 38.4. The number of methoxy groups -OCH3 is 2. The molecule has 3 fully saturated rings. The van der Waals surface area contributed by atoms with E-state index in [1.165, 1.54) is 9.47 Å². The molecule has 0 radical (unpaired) electrons. The second kappa shape index (κ2) is 14.7. The number of hydrogen-bond acceptors (Lipinski definition) is 10. The van der Waals surface area contributed by atoms with Gasteiger partial charge in [-0.25, -0.2) is 9.18 Å². The quantitative estimate of drug-likeness (QED) is 0.203.